The fourth-order valence-electron chi connectivity index (χ4n) is 3.85. The van der Waals surface area contributed by atoms with Crippen molar-refractivity contribution in [3.8, 4) is 5.75 Å². The maximum atomic E-state index is 11.3. The summed E-state index contributed by atoms with van der Waals surface area (Å²) in [5.74, 6) is 1.36. The van der Waals surface area contributed by atoms with Crippen LogP contribution in [0.25, 0.3) is 0 Å². The van der Waals surface area contributed by atoms with Crippen molar-refractivity contribution in [3.05, 3.63) is 29.3 Å². The Bertz CT molecular complexity index is 455. The van der Waals surface area contributed by atoms with E-state index in [2.05, 4.69) is 25.1 Å². The van der Waals surface area contributed by atoms with E-state index in [4.69, 9.17) is 4.74 Å². The second-order valence-corrected chi connectivity index (χ2v) is 6.02. The van der Waals surface area contributed by atoms with E-state index in [1.165, 1.54) is 12.0 Å². The van der Waals surface area contributed by atoms with Gasteiger partial charge >= 0.3 is 0 Å². The number of fused-ring (bicyclic) bond motifs is 1. The predicted octanol–water partition coefficient (Wildman–Crippen LogP) is 3.80. The highest BCUT2D eigenvalue weighted by Gasteiger charge is 2.41. The Morgan fingerprint density at radius 2 is 2.21 bits per heavy atom. The van der Waals surface area contributed by atoms with Gasteiger partial charge in [-0.25, -0.2) is 0 Å². The van der Waals surface area contributed by atoms with E-state index in [9.17, 15) is 5.11 Å². The smallest absolute Gasteiger partial charge is 0.128 e. The maximum Gasteiger partial charge on any atom is 0.128 e. The van der Waals surface area contributed by atoms with Crippen LogP contribution in [0.5, 0.6) is 5.75 Å². The zero-order valence-corrected chi connectivity index (χ0v) is 11.8. The summed E-state index contributed by atoms with van der Waals surface area (Å²) >= 11 is 0. The van der Waals surface area contributed by atoms with Crippen molar-refractivity contribution in [2.45, 2.75) is 57.5 Å². The molecule has 1 aromatic carbocycles. The zero-order valence-electron chi connectivity index (χ0n) is 11.8. The minimum absolute atomic E-state index is 0.373. The van der Waals surface area contributed by atoms with Gasteiger partial charge in [-0.15, -0.1) is 0 Å². The van der Waals surface area contributed by atoms with E-state index in [-0.39, 0.29) is 0 Å². The normalized spacial score (nSPS) is 30.5. The Labute approximate surface area is 115 Å². The minimum Gasteiger partial charge on any atom is -0.493 e. The summed E-state index contributed by atoms with van der Waals surface area (Å²) in [4.78, 5) is 0. The molecule has 0 amide bonds. The van der Waals surface area contributed by atoms with Gasteiger partial charge in [0.2, 0.25) is 0 Å². The first-order valence-corrected chi connectivity index (χ1v) is 7.73. The lowest BCUT2D eigenvalue weighted by Gasteiger charge is -2.41. The number of hydrogen-bond donors (Lipinski definition) is 1. The lowest BCUT2D eigenvalue weighted by molar-refractivity contribution is -0.0577. The van der Waals surface area contributed by atoms with Crippen molar-refractivity contribution in [1.82, 2.24) is 0 Å². The largest absolute Gasteiger partial charge is 0.493 e. The highest BCUT2D eigenvalue weighted by molar-refractivity contribution is 5.46. The number of aliphatic hydroxyl groups is 1. The molecule has 19 heavy (non-hydrogen) atoms. The second-order valence-electron chi connectivity index (χ2n) is 6.02. The molecule has 0 bridgehead atoms. The highest BCUT2D eigenvalue weighted by Crippen LogP contribution is 2.47. The van der Waals surface area contributed by atoms with Crippen molar-refractivity contribution in [3.63, 3.8) is 0 Å². The van der Waals surface area contributed by atoms with E-state index in [1.807, 2.05) is 0 Å². The molecule has 1 fully saturated rings. The molecule has 2 unspecified atom stereocenters. The third-order valence-electron chi connectivity index (χ3n) is 4.93. The average Bonchev–Trinajstić information content (AvgIpc) is 2.47. The van der Waals surface area contributed by atoms with E-state index in [1.54, 1.807) is 0 Å². The summed E-state index contributed by atoms with van der Waals surface area (Å²) in [7, 11) is 0. The molecule has 2 aliphatic rings. The van der Waals surface area contributed by atoms with Gasteiger partial charge in [-0.1, -0.05) is 44.4 Å². The lowest BCUT2D eigenvalue weighted by atomic mass is 9.69. The molecule has 1 aliphatic heterocycles. The highest BCUT2D eigenvalue weighted by atomic mass is 16.5. The SMILES string of the molecule is CCC1CCCCC1(O)c1cccc2c1OCCC2. The quantitative estimate of drug-likeness (QED) is 0.876. The Morgan fingerprint density at radius 3 is 3.05 bits per heavy atom. The monoisotopic (exact) mass is 260 g/mol. The summed E-state index contributed by atoms with van der Waals surface area (Å²) < 4.78 is 5.91. The summed E-state index contributed by atoms with van der Waals surface area (Å²) in [5.41, 5.74) is 1.66. The van der Waals surface area contributed by atoms with Crippen molar-refractivity contribution in [2.24, 2.45) is 5.92 Å². The van der Waals surface area contributed by atoms with Crippen LogP contribution in [0.4, 0.5) is 0 Å². The molecule has 2 heteroatoms. The van der Waals surface area contributed by atoms with Gasteiger partial charge in [-0.2, -0.15) is 0 Å². The fourth-order valence-corrected chi connectivity index (χ4v) is 3.85. The average molecular weight is 260 g/mol. The van der Waals surface area contributed by atoms with Gasteiger partial charge in [0.05, 0.1) is 12.2 Å². The van der Waals surface area contributed by atoms with Gasteiger partial charge in [0, 0.05) is 5.56 Å². The minimum atomic E-state index is -0.671. The van der Waals surface area contributed by atoms with Gasteiger partial charge in [0.15, 0.2) is 0 Å². The Balaban J connectivity index is 2.04. The van der Waals surface area contributed by atoms with Crippen LogP contribution in [0.3, 0.4) is 0 Å². The molecule has 1 N–H and O–H groups in total. The van der Waals surface area contributed by atoms with Crippen LogP contribution in [0.15, 0.2) is 18.2 Å². The van der Waals surface area contributed by atoms with Crippen molar-refractivity contribution in [1.29, 1.82) is 0 Å². The number of benzene rings is 1. The summed E-state index contributed by atoms with van der Waals surface area (Å²) in [6, 6.07) is 6.31. The Kier molecular flexibility index (Phi) is 3.53. The van der Waals surface area contributed by atoms with Crippen LogP contribution in [-0.4, -0.2) is 11.7 Å². The summed E-state index contributed by atoms with van der Waals surface area (Å²) in [6.45, 7) is 2.98. The van der Waals surface area contributed by atoms with Gasteiger partial charge in [0.25, 0.3) is 0 Å². The molecule has 1 heterocycles. The number of ether oxygens (including phenoxy) is 1. The van der Waals surface area contributed by atoms with E-state index >= 15 is 0 Å². The standard InChI is InChI=1S/C17H24O2/c1-2-14-9-3-4-11-17(14,18)15-10-5-7-13-8-6-12-19-16(13)15/h5,7,10,14,18H,2-4,6,8-9,11-12H2,1H3. The topological polar surface area (TPSA) is 29.5 Å². The molecule has 1 aromatic rings. The second kappa shape index (κ2) is 5.16. The van der Waals surface area contributed by atoms with Gasteiger partial charge < -0.3 is 9.84 Å². The molecule has 104 valence electrons. The van der Waals surface area contributed by atoms with E-state index in [0.717, 1.165) is 56.4 Å². The van der Waals surface area contributed by atoms with E-state index in [0.29, 0.717) is 5.92 Å². The molecule has 3 rings (SSSR count). The molecule has 2 nitrogen and oxygen atoms in total. The van der Waals surface area contributed by atoms with Crippen molar-refractivity contribution in [2.75, 3.05) is 6.61 Å². The van der Waals surface area contributed by atoms with Crippen molar-refractivity contribution >= 4 is 0 Å². The molecule has 0 aromatic heterocycles. The molecule has 2 atom stereocenters. The molecular weight excluding hydrogens is 236 g/mol. The molecule has 1 saturated carbocycles. The first-order chi connectivity index (χ1) is 9.25. The van der Waals surface area contributed by atoms with E-state index < -0.39 is 5.60 Å². The van der Waals surface area contributed by atoms with Crippen LogP contribution in [0.1, 0.15) is 56.6 Å². The van der Waals surface area contributed by atoms with Gasteiger partial charge in [0.1, 0.15) is 5.75 Å². The zero-order chi connectivity index (χ0) is 13.3. The van der Waals surface area contributed by atoms with Gasteiger partial charge in [-0.3, -0.25) is 0 Å². The first kappa shape index (κ1) is 13.0. The fraction of sp³-hybridized carbons (Fsp3) is 0.647. The number of aryl methyl sites for hydroxylation is 1. The molecule has 1 aliphatic carbocycles. The summed E-state index contributed by atoms with van der Waals surface area (Å²) in [6.07, 6.45) is 7.59. The van der Waals surface area contributed by atoms with Crippen molar-refractivity contribution < 1.29 is 9.84 Å². The first-order valence-electron chi connectivity index (χ1n) is 7.73. The number of rotatable bonds is 2. The van der Waals surface area contributed by atoms with Gasteiger partial charge in [-0.05, 0) is 37.2 Å². The third-order valence-corrected chi connectivity index (χ3v) is 4.93. The molecule has 0 spiro atoms. The third kappa shape index (κ3) is 2.16. The maximum absolute atomic E-state index is 11.3. The predicted molar refractivity (Wildman–Crippen MR) is 76.4 cm³/mol. The van der Waals surface area contributed by atoms with Crippen LogP contribution >= 0.6 is 0 Å². The number of para-hydroxylation sites is 1. The van der Waals surface area contributed by atoms with Crippen LogP contribution in [0.2, 0.25) is 0 Å². The van der Waals surface area contributed by atoms with Crippen LogP contribution < -0.4 is 4.74 Å². The molecule has 0 saturated heterocycles. The molecular formula is C17H24O2. The summed E-state index contributed by atoms with van der Waals surface area (Å²) in [5, 5.41) is 11.3. The molecule has 0 radical (unpaired) electrons. The lowest BCUT2D eigenvalue weighted by Crippen LogP contribution is -2.38. The Hall–Kier alpha value is -1.02. The Morgan fingerprint density at radius 1 is 1.32 bits per heavy atom. The number of hydrogen-bond acceptors (Lipinski definition) is 2. The van der Waals surface area contributed by atoms with Crippen LogP contribution in [0, 0.1) is 5.92 Å². The van der Waals surface area contributed by atoms with Crippen LogP contribution in [-0.2, 0) is 12.0 Å².